The molecule has 2 aromatic rings. The van der Waals surface area contributed by atoms with E-state index in [4.69, 9.17) is 12.2 Å². The van der Waals surface area contributed by atoms with Crippen LogP contribution in [0.15, 0.2) is 5.38 Å². The van der Waals surface area contributed by atoms with E-state index in [9.17, 15) is 0 Å². The Hall–Kier alpha value is -1.05. The van der Waals surface area contributed by atoms with Crippen LogP contribution in [0.1, 0.15) is 30.7 Å². The van der Waals surface area contributed by atoms with Crippen LogP contribution < -0.4 is 0 Å². The standard InChI is InChI=1S/C13H19N5S2/c19-13-15-12(16-17-13)10-9-20-11(14-10)5-8-18-6-3-1-2-4-7-18/h9H,1-8H2,(H2,15,16,17,19). The molecule has 3 heterocycles. The second-order valence-electron chi connectivity index (χ2n) is 5.15. The average Bonchev–Trinajstić information content (AvgIpc) is 3.00. The molecule has 0 atom stereocenters. The molecule has 0 amide bonds. The molecule has 1 saturated heterocycles. The first kappa shape index (κ1) is 13.9. The predicted octanol–water partition coefficient (Wildman–Crippen LogP) is 3.01. The van der Waals surface area contributed by atoms with Crippen molar-refractivity contribution in [1.82, 2.24) is 25.1 Å². The van der Waals surface area contributed by atoms with Gasteiger partial charge in [0.15, 0.2) is 5.82 Å². The van der Waals surface area contributed by atoms with E-state index in [-0.39, 0.29) is 0 Å². The van der Waals surface area contributed by atoms with Crippen molar-refractivity contribution >= 4 is 23.6 Å². The number of thiazole rings is 1. The van der Waals surface area contributed by atoms with Gasteiger partial charge < -0.3 is 4.90 Å². The number of nitrogens with one attached hydrogen (secondary N) is 2. The maximum atomic E-state index is 4.96. The summed E-state index contributed by atoms with van der Waals surface area (Å²) in [6, 6.07) is 0. The minimum atomic E-state index is 0.471. The highest BCUT2D eigenvalue weighted by Gasteiger charge is 2.11. The molecule has 2 aromatic heterocycles. The Balaban J connectivity index is 1.58. The fourth-order valence-corrected chi connectivity index (χ4v) is 3.45. The van der Waals surface area contributed by atoms with Gasteiger partial charge in [0, 0.05) is 18.3 Å². The number of nitrogens with zero attached hydrogens (tertiary/aromatic N) is 3. The third-order valence-electron chi connectivity index (χ3n) is 3.64. The molecule has 0 aromatic carbocycles. The molecule has 1 aliphatic rings. The van der Waals surface area contributed by atoms with Gasteiger partial charge in [0.25, 0.3) is 0 Å². The number of hydrogen-bond acceptors (Lipinski definition) is 5. The molecule has 20 heavy (non-hydrogen) atoms. The summed E-state index contributed by atoms with van der Waals surface area (Å²) in [5.74, 6) is 0.729. The van der Waals surface area contributed by atoms with Gasteiger partial charge >= 0.3 is 0 Å². The van der Waals surface area contributed by atoms with Crippen molar-refractivity contribution in [2.24, 2.45) is 0 Å². The van der Waals surface area contributed by atoms with Gasteiger partial charge in [-0.2, -0.15) is 4.98 Å². The molecule has 0 unspecified atom stereocenters. The molecule has 0 spiro atoms. The molecule has 0 bridgehead atoms. The van der Waals surface area contributed by atoms with Crippen molar-refractivity contribution in [2.75, 3.05) is 19.6 Å². The van der Waals surface area contributed by atoms with Crippen LogP contribution >= 0.6 is 23.6 Å². The van der Waals surface area contributed by atoms with E-state index < -0.39 is 0 Å². The zero-order valence-electron chi connectivity index (χ0n) is 11.4. The highest BCUT2D eigenvalue weighted by Crippen LogP contribution is 2.19. The minimum Gasteiger partial charge on any atom is -0.303 e. The predicted molar refractivity (Wildman–Crippen MR) is 83.5 cm³/mol. The lowest BCUT2D eigenvalue weighted by atomic mass is 10.2. The van der Waals surface area contributed by atoms with Crippen LogP contribution in [0.3, 0.4) is 0 Å². The quantitative estimate of drug-likeness (QED) is 0.852. The van der Waals surface area contributed by atoms with E-state index in [0.29, 0.717) is 4.77 Å². The summed E-state index contributed by atoms with van der Waals surface area (Å²) in [5, 5.41) is 8.96. The van der Waals surface area contributed by atoms with E-state index in [1.165, 1.54) is 43.8 Å². The Morgan fingerprint density at radius 1 is 1.15 bits per heavy atom. The molecule has 2 N–H and O–H groups in total. The van der Waals surface area contributed by atoms with Gasteiger partial charge in [-0.25, -0.2) is 4.98 Å². The SMILES string of the molecule is S=c1nc(-c2csc(CCN3CCCCCC3)n2)[nH][nH]1. The minimum absolute atomic E-state index is 0.471. The van der Waals surface area contributed by atoms with E-state index in [2.05, 4.69) is 25.1 Å². The van der Waals surface area contributed by atoms with Crippen molar-refractivity contribution in [1.29, 1.82) is 0 Å². The number of aromatic nitrogens is 4. The average molecular weight is 309 g/mol. The maximum absolute atomic E-state index is 4.96. The van der Waals surface area contributed by atoms with Crippen LogP contribution in [0.2, 0.25) is 0 Å². The van der Waals surface area contributed by atoms with Gasteiger partial charge in [-0.05, 0) is 38.1 Å². The number of hydrogen-bond donors (Lipinski definition) is 2. The lowest BCUT2D eigenvalue weighted by molar-refractivity contribution is 0.289. The van der Waals surface area contributed by atoms with Gasteiger partial charge in [-0.15, -0.1) is 11.3 Å². The number of H-pyrrole nitrogens is 2. The molecule has 1 aliphatic heterocycles. The normalized spacial score (nSPS) is 17.2. The molecule has 0 saturated carbocycles. The van der Waals surface area contributed by atoms with Gasteiger partial charge in [-0.1, -0.05) is 12.8 Å². The highest BCUT2D eigenvalue weighted by molar-refractivity contribution is 7.71. The van der Waals surface area contributed by atoms with Crippen molar-refractivity contribution in [2.45, 2.75) is 32.1 Å². The summed E-state index contributed by atoms with van der Waals surface area (Å²) in [4.78, 5) is 11.4. The third kappa shape index (κ3) is 3.53. The number of rotatable bonds is 4. The summed E-state index contributed by atoms with van der Waals surface area (Å²) >= 11 is 6.66. The Bertz CT molecular complexity index is 592. The van der Waals surface area contributed by atoms with Crippen LogP contribution in [0.5, 0.6) is 0 Å². The summed E-state index contributed by atoms with van der Waals surface area (Å²) in [6.07, 6.45) is 6.47. The lowest BCUT2D eigenvalue weighted by Crippen LogP contribution is -2.26. The molecular formula is C13H19N5S2. The van der Waals surface area contributed by atoms with Gasteiger partial charge in [-0.3, -0.25) is 10.2 Å². The lowest BCUT2D eigenvalue weighted by Gasteiger charge is -2.18. The topological polar surface area (TPSA) is 60.6 Å². The van der Waals surface area contributed by atoms with Crippen molar-refractivity contribution in [3.8, 4) is 11.5 Å². The first-order valence-electron chi connectivity index (χ1n) is 7.13. The number of likely N-dealkylation sites (tertiary alicyclic amines) is 1. The molecule has 5 nitrogen and oxygen atoms in total. The van der Waals surface area contributed by atoms with Gasteiger partial charge in [0.05, 0.1) is 5.01 Å². The molecule has 1 fully saturated rings. The fraction of sp³-hybridized carbons (Fsp3) is 0.615. The molecule has 0 aliphatic carbocycles. The summed E-state index contributed by atoms with van der Waals surface area (Å²) in [7, 11) is 0. The Morgan fingerprint density at radius 2 is 1.95 bits per heavy atom. The largest absolute Gasteiger partial charge is 0.303 e. The van der Waals surface area contributed by atoms with Gasteiger partial charge in [0.1, 0.15) is 5.69 Å². The summed E-state index contributed by atoms with van der Waals surface area (Å²) < 4.78 is 0.471. The van der Waals surface area contributed by atoms with Gasteiger partial charge in [0.2, 0.25) is 4.77 Å². The third-order valence-corrected chi connectivity index (χ3v) is 4.74. The first-order valence-corrected chi connectivity index (χ1v) is 8.42. The summed E-state index contributed by atoms with van der Waals surface area (Å²) in [5.41, 5.74) is 0.883. The van der Waals surface area contributed by atoms with Crippen LogP contribution in [0, 0.1) is 4.77 Å². The second kappa shape index (κ2) is 6.60. The number of aromatic amines is 2. The van der Waals surface area contributed by atoms with E-state index >= 15 is 0 Å². The monoisotopic (exact) mass is 309 g/mol. The van der Waals surface area contributed by atoms with Crippen LogP contribution in [0.25, 0.3) is 11.5 Å². The Kier molecular flexibility index (Phi) is 4.59. The zero-order chi connectivity index (χ0) is 13.8. The molecule has 108 valence electrons. The molecule has 3 rings (SSSR count). The van der Waals surface area contributed by atoms with Crippen LogP contribution in [-0.2, 0) is 6.42 Å². The summed E-state index contributed by atoms with van der Waals surface area (Å²) in [6.45, 7) is 3.60. The van der Waals surface area contributed by atoms with Crippen molar-refractivity contribution in [3.05, 3.63) is 15.2 Å². The molecule has 0 radical (unpaired) electrons. The van der Waals surface area contributed by atoms with Crippen LogP contribution in [-0.4, -0.2) is 44.7 Å². The zero-order valence-corrected chi connectivity index (χ0v) is 13.0. The van der Waals surface area contributed by atoms with E-state index in [1.807, 2.05) is 5.38 Å². The van der Waals surface area contributed by atoms with Crippen molar-refractivity contribution < 1.29 is 0 Å². The fourth-order valence-electron chi connectivity index (χ4n) is 2.54. The van der Waals surface area contributed by atoms with Crippen molar-refractivity contribution in [3.63, 3.8) is 0 Å². The Morgan fingerprint density at radius 3 is 2.65 bits per heavy atom. The second-order valence-corrected chi connectivity index (χ2v) is 6.48. The smallest absolute Gasteiger partial charge is 0.213 e. The Labute approximate surface area is 127 Å². The van der Waals surface area contributed by atoms with E-state index in [0.717, 1.165) is 24.5 Å². The maximum Gasteiger partial charge on any atom is 0.213 e. The molecular weight excluding hydrogens is 290 g/mol. The highest BCUT2D eigenvalue weighted by atomic mass is 32.1. The first-order chi connectivity index (χ1) is 9.81. The van der Waals surface area contributed by atoms with E-state index in [1.54, 1.807) is 11.3 Å². The van der Waals surface area contributed by atoms with Crippen LogP contribution in [0.4, 0.5) is 0 Å². The molecule has 7 heteroatoms.